The van der Waals surface area contributed by atoms with Gasteiger partial charge in [0.1, 0.15) is 0 Å². The first-order valence-corrected chi connectivity index (χ1v) is 18.7. The maximum Gasteiger partial charge on any atom is 0.0462 e. The summed E-state index contributed by atoms with van der Waals surface area (Å²) in [6.07, 6.45) is 11.1. The minimum atomic E-state index is 0.739. The van der Waals surface area contributed by atoms with E-state index in [9.17, 15) is 0 Å². The van der Waals surface area contributed by atoms with Crippen LogP contribution in [0.3, 0.4) is 0 Å². The van der Waals surface area contributed by atoms with Gasteiger partial charge in [-0.25, -0.2) is 0 Å². The van der Waals surface area contributed by atoms with E-state index in [1.807, 2.05) is 0 Å². The van der Waals surface area contributed by atoms with Crippen LogP contribution in [-0.4, -0.2) is 0 Å². The number of nitrogens with zero attached hydrogens (tertiary/aromatic N) is 1. The van der Waals surface area contributed by atoms with Crippen molar-refractivity contribution in [1.29, 1.82) is 0 Å². The van der Waals surface area contributed by atoms with Crippen LogP contribution in [0.2, 0.25) is 0 Å². The lowest BCUT2D eigenvalue weighted by atomic mass is 9.59. The quantitative estimate of drug-likeness (QED) is 0.176. The third-order valence-electron chi connectivity index (χ3n) is 12.5. The Morgan fingerprint density at radius 3 is 1.04 bits per heavy atom. The lowest BCUT2D eigenvalue weighted by molar-refractivity contribution is 0.342. The van der Waals surface area contributed by atoms with E-state index < -0.39 is 0 Å². The lowest BCUT2D eigenvalue weighted by Gasteiger charge is -2.46. The van der Waals surface area contributed by atoms with Crippen LogP contribution in [0, 0.1) is 0 Å². The number of hydrogen-bond acceptors (Lipinski definition) is 1. The molecule has 0 heterocycles. The van der Waals surface area contributed by atoms with Crippen molar-refractivity contribution in [2.75, 3.05) is 4.90 Å². The minimum Gasteiger partial charge on any atom is -0.311 e. The summed E-state index contributed by atoms with van der Waals surface area (Å²) in [5, 5.41) is 0. The second-order valence-corrected chi connectivity index (χ2v) is 15.1. The van der Waals surface area contributed by atoms with Gasteiger partial charge < -0.3 is 4.90 Å². The van der Waals surface area contributed by atoms with Gasteiger partial charge in [0.05, 0.1) is 0 Å². The van der Waals surface area contributed by atoms with E-state index in [2.05, 4.69) is 144 Å². The zero-order valence-electron chi connectivity index (χ0n) is 28.2. The van der Waals surface area contributed by atoms with Gasteiger partial charge in [-0.2, -0.15) is 0 Å². The fourth-order valence-electron chi connectivity index (χ4n) is 10.1. The van der Waals surface area contributed by atoms with Crippen molar-refractivity contribution in [3.63, 3.8) is 0 Å². The van der Waals surface area contributed by atoms with Gasteiger partial charge >= 0.3 is 0 Å². The van der Waals surface area contributed by atoms with Gasteiger partial charge in [-0.15, -0.1) is 0 Å². The van der Waals surface area contributed by atoms with Gasteiger partial charge in [-0.3, -0.25) is 0 Å². The zero-order chi connectivity index (χ0) is 32.3. The molecule has 2 saturated carbocycles. The van der Waals surface area contributed by atoms with Crippen molar-refractivity contribution in [3.05, 3.63) is 162 Å². The van der Waals surface area contributed by atoms with Gasteiger partial charge in [-0.1, -0.05) is 103 Å². The van der Waals surface area contributed by atoms with E-state index in [0.29, 0.717) is 0 Å². The summed E-state index contributed by atoms with van der Waals surface area (Å²) >= 11 is 0. The number of hydrogen-bond donors (Lipinski definition) is 0. The van der Waals surface area contributed by atoms with E-state index in [1.165, 1.54) is 96.2 Å². The molecule has 1 nitrogen and oxygen atoms in total. The fraction of sp³-hybridized carbons (Fsp3) is 0.250. The van der Waals surface area contributed by atoms with Gasteiger partial charge in [0, 0.05) is 17.1 Å². The third kappa shape index (κ3) is 4.97. The van der Waals surface area contributed by atoms with E-state index >= 15 is 0 Å². The standard InChI is InChI=1S/C48H43N/c1-3-7-32(8-4-1)34-19-25-41(26-20-34)49(42-27-21-35(22-28-42)33-9-5-2-6-10-33)43-29-23-40(24-30-43)48-46-38-15-11-36(12-16-38)44(46)31-45-37-13-17-39(18-14-37)47(45)48/h1-10,19-31,36-39H,11-18H2. The third-order valence-corrected chi connectivity index (χ3v) is 12.5. The van der Waals surface area contributed by atoms with Crippen LogP contribution < -0.4 is 4.90 Å². The molecule has 1 heteroatoms. The van der Waals surface area contributed by atoms with Crippen molar-refractivity contribution >= 4 is 17.1 Å². The topological polar surface area (TPSA) is 3.24 Å². The molecule has 0 spiro atoms. The van der Waals surface area contributed by atoms with E-state index in [-0.39, 0.29) is 0 Å². The van der Waals surface area contributed by atoms with Crippen LogP contribution in [0.5, 0.6) is 0 Å². The number of rotatable bonds is 6. The van der Waals surface area contributed by atoms with Gasteiger partial charge in [0.15, 0.2) is 0 Å². The van der Waals surface area contributed by atoms with Crippen LogP contribution >= 0.6 is 0 Å². The van der Waals surface area contributed by atoms with Crippen LogP contribution in [0.1, 0.15) is 97.3 Å². The second kappa shape index (κ2) is 11.9. The summed E-state index contributed by atoms with van der Waals surface area (Å²) in [7, 11) is 0. The van der Waals surface area contributed by atoms with Crippen LogP contribution in [0.15, 0.2) is 140 Å². The summed E-state index contributed by atoms with van der Waals surface area (Å²) in [5.74, 6) is 3.03. The Balaban J connectivity index is 1.08. The Morgan fingerprint density at radius 2 is 0.653 bits per heavy atom. The van der Waals surface area contributed by atoms with Crippen LogP contribution in [0.25, 0.3) is 33.4 Å². The first-order chi connectivity index (χ1) is 24.3. The van der Waals surface area contributed by atoms with Crippen LogP contribution in [-0.2, 0) is 0 Å². The van der Waals surface area contributed by atoms with Crippen LogP contribution in [0.4, 0.5) is 17.1 Å². The zero-order valence-corrected chi connectivity index (χ0v) is 28.2. The molecule has 12 rings (SSSR count). The molecule has 0 aromatic heterocycles. The molecule has 0 amide bonds. The minimum absolute atomic E-state index is 0.739. The highest BCUT2D eigenvalue weighted by Gasteiger charge is 2.41. The van der Waals surface area contributed by atoms with Gasteiger partial charge in [0.25, 0.3) is 0 Å². The maximum atomic E-state index is 2.73. The van der Waals surface area contributed by atoms with Crippen molar-refractivity contribution in [2.45, 2.75) is 75.0 Å². The van der Waals surface area contributed by atoms with Gasteiger partial charge in [0.2, 0.25) is 0 Å². The normalized spacial score (nSPS) is 21.6. The molecular weight excluding hydrogens is 591 g/mol. The maximum absolute atomic E-state index is 2.73. The Kier molecular flexibility index (Phi) is 7.07. The molecular formula is C48H43N. The Morgan fingerprint density at radius 1 is 0.327 bits per heavy atom. The van der Waals surface area contributed by atoms with E-state index in [1.54, 1.807) is 27.8 Å². The summed E-state index contributed by atoms with van der Waals surface area (Å²) in [4.78, 5) is 2.42. The first-order valence-electron chi connectivity index (χ1n) is 18.7. The smallest absolute Gasteiger partial charge is 0.0462 e. The van der Waals surface area contributed by atoms with Crippen molar-refractivity contribution in [2.24, 2.45) is 0 Å². The molecule has 6 aromatic carbocycles. The van der Waals surface area contributed by atoms with E-state index in [4.69, 9.17) is 0 Å². The average Bonchev–Trinajstić information content (AvgIpc) is 3.20. The highest BCUT2D eigenvalue weighted by atomic mass is 15.1. The van der Waals surface area contributed by atoms with Gasteiger partial charge in [-0.05, 0) is 167 Å². The predicted molar refractivity (Wildman–Crippen MR) is 205 cm³/mol. The number of benzene rings is 6. The predicted octanol–water partition coefficient (Wildman–Crippen LogP) is 13.7. The summed E-state index contributed by atoms with van der Waals surface area (Å²) in [6.45, 7) is 0. The van der Waals surface area contributed by atoms with Crippen molar-refractivity contribution < 1.29 is 0 Å². The van der Waals surface area contributed by atoms with E-state index in [0.717, 1.165) is 23.7 Å². The molecule has 0 radical (unpaired) electrons. The van der Waals surface area contributed by atoms with Crippen molar-refractivity contribution in [3.8, 4) is 33.4 Å². The molecule has 49 heavy (non-hydrogen) atoms. The molecule has 6 aliphatic carbocycles. The molecule has 4 bridgehead atoms. The lowest BCUT2D eigenvalue weighted by Crippen LogP contribution is -2.28. The average molecular weight is 634 g/mol. The number of fused-ring (bicyclic) bond motifs is 4. The molecule has 0 aliphatic heterocycles. The fourth-order valence-corrected chi connectivity index (χ4v) is 10.1. The Labute approximate surface area is 291 Å². The highest BCUT2D eigenvalue weighted by Crippen LogP contribution is 2.59. The molecule has 6 aliphatic rings. The first kappa shape index (κ1) is 29.1. The SMILES string of the molecule is c1ccc(-c2ccc(N(c3ccc(-c4ccccc4)cc3)c3ccc(-c4c5c(cc6c4C4CCC6CC4)C4CCC5CC4)cc3)cc2)cc1. The summed E-state index contributed by atoms with van der Waals surface area (Å²) in [6, 6.07) is 51.9. The largest absolute Gasteiger partial charge is 0.311 e. The molecule has 0 unspecified atom stereocenters. The molecule has 6 aromatic rings. The van der Waals surface area contributed by atoms with Crippen molar-refractivity contribution in [1.82, 2.24) is 0 Å². The molecule has 0 N–H and O–H groups in total. The molecule has 0 atom stereocenters. The monoisotopic (exact) mass is 633 g/mol. The summed E-state index contributed by atoms with van der Waals surface area (Å²) < 4.78 is 0. The second-order valence-electron chi connectivity index (χ2n) is 15.1. The molecule has 2 fully saturated rings. The Bertz CT molecular complexity index is 1960. The molecule has 240 valence electrons. The Hall–Kier alpha value is -4.88. The highest BCUT2D eigenvalue weighted by molar-refractivity contribution is 5.83. The summed E-state index contributed by atoms with van der Waals surface area (Å²) in [5.41, 5.74) is 18.5. The molecule has 0 saturated heterocycles. The number of anilines is 3.